The molecule has 1 aromatic carbocycles. The van der Waals surface area contributed by atoms with E-state index in [2.05, 4.69) is 10.6 Å². The maximum absolute atomic E-state index is 12.1. The van der Waals surface area contributed by atoms with Gasteiger partial charge in [0.15, 0.2) is 0 Å². The van der Waals surface area contributed by atoms with Crippen molar-refractivity contribution in [2.75, 3.05) is 20.6 Å². The lowest BCUT2D eigenvalue weighted by Crippen LogP contribution is -2.31. The molecule has 0 atom stereocenters. The van der Waals surface area contributed by atoms with Gasteiger partial charge in [-0.1, -0.05) is 12.1 Å². The second kappa shape index (κ2) is 8.68. The molecule has 0 radical (unpaired) electrons. The van der Waals surface area contributed by atoms with E-state index in [-0.39, 0.29) is 30.7 Å². The van der Waals surface area contributed by atoms with E-state index in [0.29, 0.717) is 17.7 Å². The molecule has 0 aliphatic carbocycles. The summed E-state index contributed by atoms with van der Waals surface area (Å²) in [5.74, 6) is -0.499. The number of furan rings is 1. The number of carbonyl (C=O) groups excluding carboxylic acids is 3. The summed E-state index contributed by atoms with van der Waals surface area (Å²) in [7, 11) is 3.28. The number of hydrogen-bond donors (Lipinski definition) is 2. The fourth-order valence-corrected chi connectivity index (χ4v) is 2.24. The van der Waals surface area contributed by atoms with E-state index < -0.39 is 0 Å². The highest BCUT2D eigenvalue weighted by molar-refractivity contribution is 5.94. The summed E-state index contributed by atoms with van der Waals surface area (Å²) in [5, 5.41) is 5.23. The second-order valence-corrected chi connectivity index (χ2v) is 5.54. The third kappa shape index (κ3) is 5.20. The van der Waals surface area contributed by atoms with Crippen molar-refractivity contribution in [2.45, 2.75) is 13.0 Å². The molecular formula is C18H21N3O4. The zero-order valence-corrected chi connectivity index (χ0v) is 14.2. The number of nitrogens with zero attached hydrogens (tertiary/aromatic N) is 1. The van der Waals surface area contributed by atoms with Crippen molar-refractivity contribution >= 4 is 17.7 Å². The number of carbonyl (C=O) groups is 3. The third-order valence-corrected chi connectivity index (χ3v) is 3.70. The monoisotopic (exact) mass is 343 g/mol. The molecule has 2 rings (SSSR count). The van der Waals surface area contributed by atoms with Crippen molar-refractivity contribution in [3.05, 3.63) is 59.5 Å². The number of hydrogen-bond acceptors (Lipinski definition) is 4. The minimum atomic E-state index is -0.269. The maximum atomic E-state index is 12.1. The van der Waals surface area contributed by atoms with Crippen LogP contribution in [0.3, 0.4) is 0 Å². The molecule has 0 spiro atoms. The van der Waals surface area contributed by atoms with Crippen LogP contribution in [-0.4, -0.2) is 43.3 Å². The Morgan fingerprint density at radius 3 is 2.36 bits per heavy atom. The second-order valence-electron chi connectivity index (χ2n) is 5.54. The fourth-order valence-electron chi connectivity index (χ4n) is 2.24. The summed E-state index contributed by atoms with van der Waals surface area (Å²) in [4.78, 5) is 36.9. The Kier molecular flexibility index (Phi) is 6.33. The lowest BCUT2D eigenvalue weighted by atomic mass is 10.1. The predicted molar refractivity (Wildman–Crippen MR) is 92.0 cm³/mol. The molecular weight excluding hydrogens is 322 g/mol. The summed E-state index contributed by atoms with van der Waals surface area (Å²) < 4.78 is 4.84. The van der Waals surface area contributed by atoms with E-state index >= 15 is 0 Å². The Hall–Kier alpha value is -3.09. The van der Waals surface area contributed by atoms with Crippen LogP contribution in [0.25, 0.3) is 0 Å². The lowest BCUT2D eigenvalue weighted by molar-refractivity contribution is -0.130. The average Bonchev–Trinajstić information content (AvgIpc) is 3.16. The van der Waals surface area contributed by atoms with Gasteiger partial charge in [-0.3, -0.25) is 14.4 Å². The zero-order chi connectivity index (χ0) is 18.2. The van der Waals surface area contributed by atoms with Crippen LogP contribution >= 0.6 is 0 Å². The maximum Gasteiger partial charge on any atom is 0.254 e. The topological polar surface area (TPSA) is 91.7 Å². The van der Waals surface area contributed by atoms with Crippen LogP contribution in [-0.2, 0) is 11.3 Å². The van der Waals surface area contributed by atoms with Crippen LogP contribution in [0.1, 0.15) is 32.7 Å². The van der Waals surface area contributed by atoms with Crippen molar-refractivity contribution in [3.63, 3.8) is 0 Å². The van der Waals surface area contributed by atoms with Gasteiger partial charge in [-0.15, -0.1) is 0 Å². The first kappa shape index (κ1) is 18.3. The molecule has 0 bridgehead atoms. The molecule has 1 heterocycles. The van der Waals surface area contributed by atoms with Crippen LogP contribution in [0.4, 0.5) is 0 Å². The SMILES string of the molecule is CNC(=O)c1ccc(CN(C)C(=O)CCNC(=O)c2ccoc2)cc1. The molecule has 3 amide bonds. The number of benzene rings is 1. The Morgan fingerprint density at radius 1 is 1.04 bits per heavy atom. The molecule has 0 saturated carbocycles. The van der Waals surface area contributed by atoms with E-state index in [1.807, 2.05) is 12.1 Å². The third-order valence-electron chi connectivity index (χ3n) is 3.70. The predicted octanol–water partition coefficient (Wildman–Crippen LogP) is 1.42. The quantitative estimate of drug-likeness (QED) is 0.795. The fraction of sp³-hybridized carbons (Fsp3) is 0.278. The Bertz CT molecular complexity index is 723. The largest absolute Gasteiger partial charge is 0.472 e. The Morgan fingerprint density at radius 2 is 1.76 bits per heavy atom. The molecule has 25 heavy (non-hydrogen) atoms. The molecule has 7 nitrogen and oxygen atoms in total. The van der Waals surface area contributed by atoms with E-state index in [1.54, 1.807) is 37.2 Å². The molecule has 7 heteroatoms. The summed E-state index contributed by atoms with van der Waals surface area (Å²) in [6.07, 6.45) is 2.98. The molecule has 0 aliphatic rings. The van der Waals surface area contributed by atoms with E-state index in [0.717, 1.165) is 5.56 Å². The smallest absolute Gasteiger partial charge is 0.254 e. The molecule has 132 valence electrons. The van der Waals surface area contributed by atoms with Crippen LogP contribution < -0.4 is 10.6 Å². The number of rotatable bonds is 7. The molecule has 0 saturated heterocycles. The molecule has 0 unspecified atom stereocenters. The van der Waals surface area contributed by atoms with Crippen molar-refractivity contribution in [2.24, 2.45) is 0 Å². The van der Waals surface area contributed by atoms with Crippen molar-refractivity contribution < 1.29 is 18.8 Å². The first-order valence-electron chi connectivity index (χ1n) is 7.86. The molecule has 0 fully saturated rings. The van der Waals surface area contributed by atoms with Crippen molar-refractivity contribution in [1.82, 2.24) is 15.5 Å². The van der Waals surface area contributed by atoms with Gasteiger partial charge in [0.25, 0.3) is 11.8 Å². The van der Waals surface area contributed by atoms with E-state index in [1.165, 1.54) is 12.5 Å². The van der Waals surface area contributed by atoms with Crippen molar-refractivity contribution in [1.29, 1.82) is 0 Å². The van der Waals surface area contributed by atoms with E-state index in [4.69, 9.17) is 4.42 Å². The number of nitrogens with one attached hydrogen (secondary N) is 2. The summed E-state index contributed by atoms with van der Waals surface area (Å²) in [6.45, 7) is 0.686. The normalized spacial score (nSPS) is 10.2. The van der Waals surface area contributed by atoms with Gasteiger partial charge in [0, 0.05) is 39.2 Å². The number of amides is 3. The first-order chi connectivity index (χ1) is 12.0. The molecule has 2 aromatic rings. The zero-order valence-electron chi connectivity index (χ0n) is 14.2. The molecule has 0 aliphatic heterocycles. The van der Waals surface area contributed by atoms with Crippen LogP contribution in [0.15, 0.2) is 47.3 Å². The summed E-state index contributed by atoms with van der Waals surface area (Å²) in [5.41, 5.74) is 1.92. The molecule has 2 N–H and O–H groups in total. The first-order valence-corrected chi connectivity index (χ1v) is 7.86. The van der Waals surface area contributed by atoms with Gasteiger partial charge in [-0.25, -0.2) is 0 Å². The van der Waals surface area contributed by atoms with Crippen molar-refractivity contribution in [3.8, 4) is 0 Å². The van der Waals surface area contributed by atoms with Gasteiger partial charge in [-0.05, 0) is 23.8 Å². The minimum absolute atomic E-state index is 0.0807. The highest BCUT2D eigenvalue weighted by Gasteiger charge is 2.12. The van der Waals surface area contributed by atoms with Crippen LogP contribution in [0.2, 0.25) is 0 Å². The van der Waals surface area contributed by atoms with Gasteiger partial charge < -0.3 is 20.0 Å². The Labute approximate surface area is 146 Å². The van der Waals surface area contributed by atoms with Gasteiger partial charge in [0.2, 0.25) is 5.91 Å². The van der Waals surface area contributed by atoms with Gasteiger partial charge in [0.05, 0.1) is 11.8 Å². The summed E-state index contributed by atoms with van der Waals surface area (Å²) in [6, 6.07) is 8.63. The van der Waals surface area contributed by atoms with Gasteiger partial charge >= 0.3 is 0 Å². The average molecular weight is 343 g/mol. The lowest BCUT2D eigenvalue weighted by Gasteiger charge is -2.17. The molecule has 1 aromatic heterocycles. The minimum Gasteiger partial charge on any atom is -0.472 e. The highest BCUT2D eigenvalue weighted by atomic mass is 16.3. The van der Waals surface area contributed by atoms with Crippen LogP contribution in [0, 0.1) is 0 Å². The Balaban J connectivity index is 1.78. The standard InChI is InChI=1S/C18H21N3O4/c1-19-17(23)14-5-3-13(4-6-14)11-21(2)16(22)7-9-20-18(24)15-8-10-25-12-15/h3-6,8,10,12H,7,9,11H2,1-2H3,(H,19,23)(H,20,24). The highest BCUT2D eigenvalue weighted by Crippen LogP contribution is 2.08. The van der Waals surface area contributed by atoms with Crippen LogP contribution in [0.5, 0.6) is 0 Å². The van der Waals surface area contributed by atoms with Gasteiger partial charge in [0.1, 0.15) is 6.26 Å². The van der Waals surface area contributed by atoms with Gasteiger partial charge in [-0.2, -0.15) is 0 Å². The van der Waals surface area contributed by atoms with E-state index in [9.17, 15) is 14.4 Å². The summed E-state index contributed by atoms with van der Waals surface area (Å²) >= 11 is 0.